The molecule has 0 spiro atoms. The number of allylic oxidation sites excluding steroid dienone is 5. The number of nitrogens with zero attached hydrogens (tertiary/aromatic N) is 2. The van der Waals surface area contributed by atoms with Crippen LogP contribution in [0.5, 0.6) is 0 Å². The van der Waals surface area contributed by atoms with E-state index in [9.17, 15) is 9.59 Å². The second-order valence-corrected chi connectivity index (χ2v) is 12.3. The second kappa shape index (κ2) is 14.1. The third-order valence-electron chi connectivity index (χ3n) is 8.71. The molecule has 43 heavy (non-hydrogen) atoms. The Balaban J connectivity index is 1.51. The molecule has 2 aromatic rings. The van der Waals surface area contributed by atoms with Crippen LogP contribution in [0.3, 0.4) is 0 Å². The lowest BCUT2D eigenvalue weighted by molar-refractivity contribution is -0.144. The van der Waals surface area contributed by atoms with E-state index in [-0.39, 0.29) is 28.8 Å². The van der Waals surface area contributed by atoms with Gasteiger partial charge in [-0.15, -0.1) is 0 Å². The first-order valence-corrected chi connectivity index (χ1v) is 15.7. The van der Waals surface area contributed by atoms with Crippen molar-refractivity contribution in [1.29, 1.82) is 0 Å². The van der Waals surface area contributed by atoms with E-state index >= 15 is 0 Å². The number of fused-ring (bicyclic) bond motifs is 2. The fourth-order valence-electron chi connectivity index (χ4n) is 6.58. The zero-order valence-corrected chi connectivity index (χ0v) is 26.8. The predicted molar refractivity (Wildman–Crippen MR) is 176 cm³/mol. The van der Waals surface area contributed by atoms with E-state index in [2.05, 4.69) is 116 Å². The summed E-state index contributed by atoms with van der Waals surface area (Å²) in [5, 5.41) is 0. The summed E-state index contributed by atoms with van der Waals surface area (Å²) < 4.78 is 10.3. The monoisotopic (exact) mass is 584 g/mol. The van der Waals surface area contributed by atoms with E-state index in [1.807, 2.05) is 13.8 Å². The summed E-state index contributed by atoms with van der Waals surface area (Å²) in [7, 11) is 0. The lowest BCUT2D eigenvalue weighted by atomic mass is 9.80. The largest absolute Gasteiger partial charge is 0.466 e. The summed E-state index contributed by atoms with van der Waals surface area (Å²) >= 11 is 0. The zero-order valence-electron chi connectivity index (χ0n) is 26.8. The maximum atomic E-state index is 12.0. The van der Waals surface area contributed by atoms with Crippen molar-refractivity contribution < 1.29 is 19.1 Å². The molecule has 0 N–H and O–H groups in total. The Kier molecular flexibility index (Phi) is 10.5. The van der Waals surface area contributed by atoms with Crippen LogP contribution in [0, 0.1) is 0 Å². The first kappa shape index (κ1) is 32.1. The van der Waals surface area contributed by atoms with E-state index < -0.39 is 0 Å². The van der Waals surface area contributed by atoms with Gasteiger partial charge in [-0.1, -0.05) is 88.4 Å². The highest BCUT2D eigenvalue weighted by Gasteiger charge is 2.42. The van der Waals surface area contributed by atoms with Crippen LogP contribution in [0.1, 0.15) is 78.4 Å². The Morgan fingerprint density at radius 2 is 1.35 bits per heavy atom. The number of para-hydroxylation sites is 2. The Labute approximate surface area is 258 Å². The lowest BCUT2D eigenvalue weighted by Gasteiger charge is -2.32. The second-order valence-electron chi connectivity index (χ2n) is 12.3. The number of benzene rings is 2. The molecular weight excluding hydrogens is 536 g/mol. The topological polar surface area (TPSA) is 59.1 Å². The number of hydrogen-bond donors (Lipinski definition) is 0. The van der Waals surface area contributed by atoms with E-state index in [0.29, 0.717) is 26.1 Å². The van der Waals surface area contributed by atoms with Crippen LogP contribution in [0.4, 0.5) is 11.4 Å². The molecule has 1 unspecified atom stereocenters. The number of esters is 2. The van der Waals surface area contributed by atoms with Gasteiger partial charge in [0.2, 0.25) is 0 Å². The summed E-state index contributed by atoms with van der Waals surface area (Å²) in [6, 6.07) is 17.3. The van der Waals surface area contributed by atoms with Crippen molar-refractivity contribution in [2.24, 2.45) is 0 Å². The van der Waals surface area contributed by atoms with Gasteiger partial charge in [-0.2, -0.15) is 0 Å². The molecule has 0 aliphatic carbocycles. The molecule has 230 valence electrons. The normalized spacial score (nSPS) is 19.3. The van der Waals surface area contributed by atoms with E-state index in [1.165, 1.54) is 28.2 Å². The van der Waals surface area contributed by atoms with E-state index in [1.54, 1.807) is 0 Å². The molecule has 2 heterocycles. The molecule has 6 heteroatoms. The van der Waals surface area contributed by atoms with Gasteiger partial charge in [-0.3, -0.25) is 9.59 Å². The molecule has 4 rings (SSSR count). The number of anilines is 2. The highest BCUT2D eigenvalue weighted by atomic mass is 16.5. The highest BCUT2D eigenvalue weighted by molar-refractivity contribution is 5.72. The van der Waals surface area contributed by atoms with Gasteiger partial charge in [0.25, 0.3) is 0 Å². The molecule has 2 aliphatic heterocycles. The third kappa shape index (κ3) is 7.06. The standard InChI is InChI=1S/C37H48N2O4/c1-7-42-34(40)24-16-26-38-30-20-14-12-18-28(30)36(3,4)32(38)22-10-9-11-23-33-37(5,6)29-19-13-15-21-31(29)39(33)27-17-25-35(41)43-8-2/h9-15,18-23,32H,7-8,16-17,24-27H2,1-6H3. The van der Waals surface area contributed by atoms with Crippen LogP contribution in [0.25, 0.3) is 0 Å². The molecule has 0 saturated heterocycles. The minimum absolute atomic E-state index is 0.0753. The van der Waals surface area contributed by atoms with Gasteiger partial charge in [0.15, 0.2) is 0 Å². The minimum atomic E-state index is -0.153. The van der Waals surface area contributed by atoms with Crippen molar-refractivity contribution in [2.45, 2.75) is 84.1 Å². The molecule has 2 aliphatic rings. The van der Waals surface area contributed by atoms with Gasteiger partial charge in [0, 0.05) is 53.8 Å². The molecule has 0 aromatic heterocycles. The number of rotatable bonds is 13. The summed E-state index contributed by atoms with van der Waals surface area (Å²) in [6.07, 6.45) is 13.2. The first-order valence-electron chi connectivity index (χ1n) is 15.7. The number of carbonyl (C=O) groups excluding carboxylic acids is 2. The molecule has 0 bridgehead atoms. The molecule has 6 nitrogen and oxygen atoms in total. The van der Waals surface area contributed by atoms with Crippen LogP contribution >= 0.6 is 0 Å². The van der Waals surface area contributed by atoms with Gasteiger partial charge >= 0.3 is 11.9 Å². The van der Waals surface area contributed by atoms with Crippen molar-refractivity contribution >= 4 is 23.3 Å². The SMILES string of the molecule is CCOC(=O)CCCN1C(=CC=CC=CC2N(CCCC(=O)OCC)c3ccccc3C2(C)C)C(C)(C)c2ccccc21. The molecule has 0 fully saturated rings. The predicted octanol–water partition coefficient (Wildman–Crippen LogP) is 7.63. The van der Waals surface area contributed by atoms with Crippen LogP contribution in [0.2, 0.25) is 0 Å². The molecule has 0 radical (unpaired) electrons. The fourth-order valence-corrected chi connectivity index (χ4v) is 6.58. The molecule has 2 aromatic carbocycles. The maximum absolute atomic E-state index is 12.0. The zero-order chi connectivity index (χ0) is 31.0. The molecule has 1 atom stereocenters. The van der Waals surface area contributed by atoms with Crippen molar-refractivity contribution in [3.05, 3.63) is 95.7 Å². The number of hydrogen-bond acceptors (Lipinski definition) is 6. The van der Waals surface area contributed by atoms with Crippen molar-refractivity contribution in [2.75, 3.05) is 36.1 Å². The number of carbonyl (C=O) groups is 2. The molecular formula is C37H48N2O4. The first-order chi connectivity index (χ1) is 20.6. The Morgan fingerprint density at radius 1 is 0.767 bits per heavy atom. The number of ether oxygens (including phenoxy) is 2. The van der Waals surface area contributed by atoms with Crippen LogP contribution in [-0.2, 0) is 29.9 Å². The molecule has 0 saturated carbocycles. The Hall–Kier alpha value is -3.80. The minimum Gasteiger partial charge on any atom is -0.466 e. The quantitative estimate of drug-likeness (QED) is 0.178. The summed E-state index contributed by atoms with van der Waals surface area (Å²) in [6.45, 7) is 15.2. The van der Waals surface area contributed by atoms with Gasteiger partial charge in [-0.05, 0) is 56.0 Å². The average molecular weight is 585 g/mol. The summed E-state index contributed by atoms with van der Waals surface area (Å²) in [5.41, 5.74) is 6.06. The Bertz CT molecular complexity index is 1370. The maximum Gasteiger partial charge on any atom is 0.305 e. The highest BCUT2D eigenvalue weighted by Crippen LogP contribution is 2.48. The van der Waals surface area contributed by atoms with Gasteiger partial charge < -0.3 is 19.3 Å². The Morgan fingerprint density at radius 3 is 2.00 bits per heavy atom. The van der Waals surface area contributed by atoms with Crippen molar-refractivity contribution in [3.63, 3.8) is 0 Å². The molecule has 0 amide bonds. The van der Waals surface area contributed by atoms with Gasteiger partial charge in [-0.25, -0.2) is 0 Å². The average Bonchev–Trinajstić information content (AvgIpc) is 3.32. The van der Waals surface area contributed by atoms with Gasteiger partial charge in [0.05, 0.1) is 19.3 Å². The third-order valence-corrected chi connectivity index (χ3v) is 8.71. The van der Waals surface area contributed by atoms with Crippen molar-refractivity contribution in [1.82, 2.24) is 0 Å². The summed E-state index contributed by atoms with van der Waals surface area (Å²) in [5.74, 6) is -0.277. The van der Waals surface area contributed by atoms with Crippen LogP contribution in [0.15, 0.2) is 84.6 Å². The summed E-state index contributed by atoms with van der Waals surface area (Å²) in [4.78, 5) is 28.7. The van der Waals surface area contributed by atoms with Crippen molar-refractivity contribution in [3.8, 4) is 0 Å². The van der Waals surface area contributed by atoms with E-state index in [0.717, 1.165) is 25.9 Å². The van der Waals surface area contributed by atoms with E-state index in [4.69, 9.17) is 9.47 Å². The smallest absolute Gasteiger partial charge is 0.305 e. The fraction of sp³-hybridized carbons (Fsp3) is 0.459. The lowest BCUT2D eigenvalue weighted by Crippen LogP contribution is -2.40. The van der Waals surface area contributed by atoms with Crippen LogP contribution < -0.4 is 9.80 Å². The van der Waals surface area contributed by atoms with Crippen LogP contribution in [-0.4, -0.2) is 44.3 Å². The van der Waals surface area contributed by atoms with Gasteiger partial charge in [0.1, 0.15) is 0 Å².